The Morgan fingerprint density at radius 2 is 2.00 bits per heavy atom. The van der Waals surface area contributed by atoms with Gasteiger partial charge in [-0.25, -0.2) is 9.59 Å². The first-order valence-corrected chi connectivity index (χ1v) is 8.52. The molecule has 1 N–H and O–H groups in total. The summed E-state index contributed by atoms with van der Waals surface area (Å²) >= 11 is 9.30. The van der Waals surface area contributed by atoms with Crippen molar-refractivity contribution in [2.24, 2.45) is 0 Å². The first kappa shape index (κ1) is 17.5. The summed E-state index contributed by atoms with van der Waals surface area (Å²) in [6.07, 6.45) is -1.24. The van der Waals surface area contributed by atoms with E-state index >= 15 is 0 Å². The highest BCUT2D eigenvalue weighted by molar-refractivity contribution is 9.10. The highest BCUT2D eigenvalue weighted by Crippen LogP contribution is 2.29. The molecule has 128 valence electrons. The number of halogens is 2. The number of esters is 2. The molecule has 0 aliphatic carbocycles. The molecule has 5 nitrogen and oxygen atoms in total. The van der Waals surface area contributed by atoms with E-state index in [9.17, 15) is 9.59 Å². The number of aryl methyl sites for hydroxylation is 1. The van der Waals surface area contributed by atoms with Gasteiger partial charge in [0.15, 0.2) is 5.03 Å². The second-order valence-corrected chi connectivity index (χ2v) is 6.58. The first-order valence-electron chi connectivity index (χ1n) is 7.35. The molecular weight excluding hydrogens is 410 g/mol. The number of cyclic esters (lactones) is 1. The van der Waals surface area contributed by atoms with Gasteiger partial charge in [-0.1, -0.05) is 35.9 Å². The van der Waals surface area contributed by atoms with Crippen molar-refractivity contribution in [2.75, 3.05) is 5.32 Å². The highest BCUT2D eigenvalue weighted by Gasteiger charge is 2.37. The Bertz CT molecular complexity index is 881. The molecule has 0 amide bonds. The van der Waals surface area contributed by atoms with Gasteiger partial charge in [0.25, 0.3) is 6.29 Å². The summed E-state index contributed by atoms with van der Waals surface area (Å²) in [4.78, 5) is 24.1. The van der Waals surface area contributed by atoms with Crippen LogP contribution in [0.25, 0.3) is 0 Å². The fraction of sp³-hybridized carbons (Fsp3) is 0.111. The van der Waals surface area contributed by atoms with Crippen molar-refractivity contribution in [1.29, 1.82) is 0 Å². The number of nitrogens with one attached hydrogen (secondary N) is 1. The van der Waals surface area contributed by atoms with E-state index in [1.165, 1.54) is 0 Å². The van der Waals surface area contributed by atoms with E-state index in [0.717, 1.165) is 5.56 Å². The van der Waals surface area contributed by atoms with Gasteiger partial charge in [-0.3, -0.25) is 0 Å². The van der Waals surface area contributed by atoms with Crippen molar-refractivity contribution in [1.82, 2.24) is 0 Å². The van der Waals surface area contributed by atoms with Crippen LogP contribution in [0, 0.1) is 6.92 Å². The number of rotatable bonds is 4. The van der Waals surface area contributed by atoms with E-state index in [0.29, 0.717) is 15.7 Å². The van der Waals surface area contributed by atoms with Gasteiger partial charge in [0.05, 0.1) is 5.56 Å². The Kier molecular flexibility index (Phi) is 5.11. The van der Waals surface area contributed by atoms with E-state index in [1.54, 1.807) is 30.3 Å². The molecule has 1 aliphatic heterocycles. The molecule has 2 aromatic carbocycles. The van der Waals surface area contributed by atoms with Crippen LogP contribution in [-0.2, 0) is 14.3 Å². The Balaban J connectivity index is 1.82. The minimum absolute atomic E-state index is 0.147. The molecule has 1 aliphatic rings. The lowest BCUT2D eigenvalue weighted by Crippen LogP contribution is -2.24. The van der Waals surface area contributed by atoms with Gasteiger partial charge in [0, 0.05) is 10.2 Å². The van der Waals surface area contributed by atoms with Crippen LogP contribution in [0.4, 0.5) is 5.69 Å². The average Bonchev–Trinajstić information content (AvgIpc) is 2.83. The number of carbonyl (C=O) groups is 2. The Labute approximate surface area is 157 Å². The number of carbonyl (C=O) groups excluding carboxylic acids is 2. The summed E-state index contributed by atoms with van der Waals surface area (Å²) in [5, 5.41) is 2.85. The van der Waals surface area contributed by atoms with Crippen molar-refractivity contribution in [3.8, 4) is 0 Å². The minimum Gasteiger partial charge on any atom is -0.415 e. The smallest absolute Gasteiger partial charge is 0.355 e. The lowest BCUT2D eigenvalue weighted by atomic mass is 10.2. The third kappa shape index (κ3) is 3.86. The fourth-order valence-corrected chi connectivity index (χ4v) is 2.91. The molecule has 7 heteroatoms. The molecule has 0 radical (unpaired) electrons. The molecular formula is C18H13BrClNO4. The largest absolute Gasteiger partial charge is 0.415 e. The van der Waals surface area contributed by atoms with Gasteiger partial charge in [0.1, 0.15) is 5.70 Å². The van der Waals surface area contributed by atoms with E-state index in [4.69, 9.17) is 21.1 Å². The maximum absolute atomic E-state index is 12.3. The number of hydrogen-bond acceptors (Lipinski definition) is 5. The predicted molar refractivity (Wildman–Crippen MR) is 97.1 cm³/mol. The Morgan fingerprint density at radius 3 is 2.72 bits per heavy atom. The standard InChI is InChI=1S/C18H13BrClNO4/c1-10-5-4-6-11(9-10)21-15-14(20)17(23)25-18(15)24-16(22)12-7-2-3-8-13(12)19/h2-9,18,21H,1H3/t18-/m1/s1. The highest BCUT2D eigenvalue weighted by atomic mass is 79.9. The van der Waals surface area contributed by atoms with E-state index in [2.05, 4.69) is 21.2 Å². The van der Waals surface area contributed by atoms with Crippen molar-refractivity contribution in [3.63, 3.8) is 0 Å². The molecule has 0 unspecified atom stereocenters. The molecule has 3 rings (SSSR count). The van der Waals surface area contributed by atoms with Gasteiger partial charge < -0.3 is 14.8 Å². The molecule has 2 aromatic rings. The molecule has 0 fully saturated rings. The monoisotopic (exact) mass is 421 g/mol. The molecule has 0 bridgehead atoms. The van der Waals surface area contributed by atoms with Gasteiger partial charge in [-0.2, -0.15) is 0 Å². The zero-order valence-corrected chi connectivity index (χ0v) is 15.4. The zero-order valence-electron chi connectivity index (χ0n) is 13.1. The summed E-state index contributed by atoms with van der Waals surface area (Å²) in [6.45, 7) is 1.93. The van der Waals surface area contributed by atoms with E-state index < -0.39 is 18.2 Å². The van der Waals surface area contributed by atoms with Crippen molar-refractivity contribution in [2.45, 2.75) is 13.2 Å². The third-order valence-electron chi connectivity index (χ3n) is 3.47. The SMILES string of the molecule is Cc1cccc(NC2=C(Cl)C(=O)O[C@H]2OC(=O)c2ccccc2Br)c1. The molecule has 25 heavy (non-hydrogen) atoms. The van der Waals surface area contributed by atoms with Crippen molar-refractivity contribution >= 4 is 45.2 Å². The van der Waals surface area contributed by atoms with Crippen molar-refractivity contribution < 1.29 is 19.1 Å². The average molecular weight is 423 g/mol. The lowest BCUT2D eigenvalue weighted by Gasteiger charge is -2.17. The normalized spacial score (nSPS) is 16.6. The second kappa shape index (κ2) is 7.29. The quantitative estimate of drug-likeness (QED) is 0.742. The molecule has 0 saturated heterocycles. The molecule has 0 saturated carbocycles. The molecule has 0 aromatic heterocycles. The maximum Gasteiger partial charge on any atom is 0.355 e. The van der Waals surface area contributed by atoms with Crippen LogP contribution in [0.1, 0.15) is 15.9 Å². The Morgan fingerprint density at radius 1 is 1.24 bits per heavy atom. The fourth-order valence-electron chi connectivity index (χ4n) is 2.28. The predicted octanol–water partition coefficient (Wildman–Crippen LogP) is 4.36. The van der Waals surface area contributed by atoms with Crippen LogP contribution in [-0.4, -0.2) is 18.2 Å². The maximum atomic E-state index is 12.3. The van der Waals surface area contributed by atoms with Crippen LogP contribution in [0.2, 0.25) is 0 Å². The van der Waals surface area contributed by atoms with Gasteiger partial charge in [-0.15, -0.1) is 0 Å². The lowest BCUT2D eigenvalue weighted by molar-refractivity contribution is -0.152. The summed E-state index contributed by atoms with van der Waals surface area (Å²) in [6, 6.07) is 14.3. The van der Waals surface area contributed by atoms with Crippen LogP contribution in [0.3, 0.4) is 0 Å². The van der Waals surface area contributed by atoms with Crippen molar-refractivity contribution in [3.05, 3.63) is 74.9 Å². The number of anilines is 1. The van der Waals surface area contributed by atoms with Crippen LogP contribution < -0.4 is 5.32 Å². The zero-order chi connectivity index (χ0) is 18.0. The Hall–Kier alpha value is -2.31. The van der Waals surface area contributed by atoms with E-state index in [-0.39, 0.29) is 10.7 Å². The van der Waals surface area contributed by atoms with Crippen LogP contribution in [0.15, 0.2) is 63.7 Å². The molecule has 1 heterocycles. The summed E-state index contributed by atoms with van der Waals surface area (Å²) in [7, 11) is 0. The summed E-state index contributed by atoms with van der Waals surface area (Å²) in [5.74, 6) is -1.39. The van der Waals surface area contributed by atoms with Crippen LogP contribution in [0.5, 0.6) is 0 Å². The van der Waals surface area contributed by atoms with Gasteiger partial charge in [-0.05, 0) is 52.7 Å². The third-order valence-corrected chi connectivity index (χ3v) is 4.52. The number of hydrogen-bond donors (Lipinski definition) is 1. The molecule has 0 spiro atoms. The summed E-state index contributed by atoms with van der Waals surface area (Å²) < 4.78 is 10.9. The van der Waals surface area contributed by atoms with Crippen LogP contribution >= 0.6 is 27.5 Å². The number of benzene rings is 2. The molecule has 1 atom stereocenters. The summed E-state index contributed by atoms with van der Waals surface area (Å²) in [5.41, 5.74) is 2.23. The van der Waals surface area contributed by atoms with Gasteiger partial charge >= 0.3 is 11.9 Å². The van der Waals surface area contributed by atoms with E-state index in [1.807, 2.05) is 25.1 Å². The second-order valence-electron chi connectivity index (χ2n) is 5.34. The minimum atomic E-state index is -1.24. The number of ether oxygens (including phenoxy) is 2. The van der Waals surface area contributed by atoms with Gasteiger partial charge in [0.2, 0.25) is 0 Å². The first-order chi connectivity index (χ1) is 12.0. The topological polar surface area (TPSA) is 64.6 Å².